The largest absolute Gasteiger partial charge is 0.329 e. The summed E-state index contributed by atoms with van der Waals surface area (Å²) in [6, 6.07) is 8.16. The second kappa shape index (κ2) is 6.53. The van der Waals surface area contributed by atoms with Crippen molar-refractivity contribution in [3.63, 3.8) is 0 Å². The third-order valence-electron chi connectivity index (χ3n) is 4.52. The minimum atomic E-state index is -0.297. The summed E-state index contributed by atoms with van der Waals surface area (Å²) in [4.78, 5) is 12.9. The fraction of sp³-hybridized carbons (Fsp3) is 0.611. The smallest absolute Gasteiger partial charge is 0.170 e. The number of ketones is 1. The Labute approximate surface area is 122 Å². The molecule has 0 unspecified atom stereocenters. The van der Waals surface area contributed by atoms with E-state index in [1.807, 2.05) is 12.1 Å². The van der Waals surface area contributed by atoms with Crippen molar-refractivity contribution in [3.05, 3.63) is 35.4 Å². The topological polar surface area (TPSA) is 43.1 Å². The maximum Gasteiger partial charge on any atom is 0.170 e. The van der Waals surface area contributed by atoms with Gasteiger partial charge in [0.2, 0.25) is 0 Å². The zero-order valence-corrected chi connectivity index (χ0v) is 12.8. The quantitative estimate of drug-likeness (QED) is 0.825. The van der Waals surface area contributed by atoms with E-state index in [2.05, 4.69) is 26.0 Å². The summed E-state index contributed by atoms with van der Waals surface area (Å²) < 4.78 is 0. The maximum absolute atomic E-state index is 12.9. The molecule has 0 radical (unpaired) electrons. The van der Waals surface area contributed by atoms with Gasteiger partial charge in [-0.3, -0.25) is 4.79 Å². The van der Waals surface area contributed by atoms with Crippen LogP contribution in [0.2, 0.25) is 0 Å². The average molecular weight is 273 g/mol. The Kier molecular flexibility index (Phi) is 4.98. The van der Waals surface area contributed by atoms with Gasteiger partial charge in [0.25, 0.3) is 0 Å². The zero-order valence-electron chi connectivity index (χ0n) is 12.8. The predicted octanol–water partition coefficient (Wildman–Crippen LogP) is 3.98. The number of Topliss-reactive ketones (excluding diaryl/α,β-unsaturated/α-hetero) is 1. The summed E-state index contributed by atoms with van der Waals surface area (Å²) >= 11 is 0. The molecule has 110 valence electrons. The molecule has 2 rings (SSSR count). The molecule has 0 bridgehead atoms. The maximum atomic E-state index is 12.9. The minimum Gasteiger partial charge on any atom is -0.329 e. The van der Waals surface area contributed by atoms with Crippen LogP contribution < -0.4 is 5.73 Å². The fourth-order valence-electron chi connectivity index (χ4n) is 3.37. The van der Waals surface area contributed by atoms with E-state index >= 15 is 0 Å². The highest BCUT2D eigenvalue weighted by Gasteiger charge is 2.38. The van der Waals surface area contributed by atoms with E-state index in [0.717, 1.165) is 37.7 Å². The lowest BCUT2D eigenvalue weighted by Crippen LogP contribution is -2.40. The standard InChI is InChI=1S/C18H27NO/c1-14(2)11-15-7-6-8-16(12-15)17(20)18(13-19)9-4-3-5-10-18/h6-8,12,14H,3-5,9-11,13,19H2,1-2H3. The predicted molar refractivity (Wildman–Crippen MR) is 83.9 cm³/mol. The van der Waals surface area contributed by atoms with Gasteiger partial charge in [0, 0.05) is 17.5 Å². The van der Waals surface area contributed by atoms with Crippen LogP contribution >= 0.6 is 0 Å². The van der Waals surface area contributed by atoms with Crippen LogP contribution in [0.3, 0.4) is 0 Å². The zero-order chi connectivity index (χ0) is 14.6. The van der Waals surface area contributed by atoms with Gasteiger partial charge in [-0.1, -0.05) is 51.3 Å². The molecule has 0 aromatic heterocycles. The number of carbonyl (C=O) groups excluding carboxylic acids is 1. The van der Waals surface area contributed by atoms with Gasteiger partial charge in [-0.2, -0.15) is 0 Å². The molecule has 2 N–H and O–H groups in total. The Bertz CT molecular complexity index is 458. The van der Waals surface area contributed by atoms with Crippen LogP contribution in [0.1, 0.15) is 61.9 Å². The first-order valence-electron chi connectivity index (χ1n) is 7.91. The highest BCUT2D eigenvalue weighted by Crippen LogP contribution is 2.38. The van der Waals surface area contributed by atoms with Gasteiger partial charge in [0.15, 0.2) is 5.78 Å². The molecule has 2 nitrogen and oxygen atoms in total. The van der Waals surface area contributed by atoms with Gasteiger partial charge < -0.3 is 5.73 Å². The molecule has 0 heterocycles. The van der Waals surface area contributed by atoms with E-state index in [0.29, 0.717) is 12.5 Å². The molecule has 1 aromatic carbocycles. The summed E-state index contributed by atoms with van der Waals surface area (Å²) in [6.07, 6.45) is 6.44. The second-order valence-electron chi connectivity index (χ2n) is 6.67. The summed E-state index contributed by atoms with van der Waals surface area (Å²) in [6.45, 7) is 4.90. The van der Waals surface area contributed by atoms with Gasteiger partial charge in [-0.05, 0) is 36.8 Å². The van der Waals surface area contributed by atoms with Gasteiger partial charge in [-0.15, -0.1) is 0 Å². The number of carbonyl (C=O) groups is 1. The summed E-state index contributed by atoms with van der Waals surface area (Å²) in [7, 11) is 0. The third-order valence-corrected chi connectivity index (χ3v) is 4.52. The molecule has 0 amide bonds. The van der Waals surface area contributed by atoms with Crippen LogP contribution in [-0.2, 0) is 6.42 Å². The van der Waals surface area contributed by atoms with Crippen molar-refractivity contribution in [2.45, 2.75) is 52.4 Å². The first-order chi connectivity index (χ1) is 9.57. The van der Waals surface area contributed by atoms with Crippen molar-refractivity contribution >= 4 is 5.78 Å². The van der Waals surface area contributed by atoms with Crippen LogP contribution in [0.15, 0.2) is 24.3 Å². The van der Waals surface area contributed by atoms with E-state index in [4.69, 9.17) is 5.73 Å². The summed E-state index contributed by atoms with van der Waals surface area (Å²) in [5, 5.41) is 0. The van der Waals surface area contributed by atoms with Crippen LogP contribution in [0.4, 0.5) is 0 Å². The lowest BCUT2D eigenvalue weighted by atomic mass is 9.69. The molecular weight excluding hydrogens is 246 g/mol. The van der Waals surface area contributed by atoms with Gasteiger partial charge in [-0.25, -0.2) is 0 Å². The molecular formula is C18H27NO. The Morgan fingerprint density at radius 2 is 1.95 bits per heavy atom. The Balaban J connectivity index is 2.23. The number of hydrogen-bond donors (Lipinski definition) is 1. The van der Waals surface area contributed by atoms with Gasteiger partial charge in [0.1, 0.15) is 0 Å². The van der Waals surface area contributed by atoms with Gasteiger partial charge in [0.05, 0.1) is 0 Å². The fourth-order valence-corrected chi connectivity index (χ4v) is 3.37. The van der Waals surface area contributed by atoms with E-state index in [9.17, 15) is 4.79 Å². The Morgan fingerprint density at radius 3 is 2.55 bits per heavy atom. The van der Waals surface area contributed by atoms with Crippen molar-refractivity contribution in [2.24, 2.45) is 17.1 Å². The molecule has 0 spiro atoms. The van der Waals surface area contributed by atoms with Crippen molar-refractivity contribution < 1.29 is 4.79 Å². The number of rotatable bonds is 5. The average Bonchev–Trinajstić information content (AvgIpc) is 2.47. The van der Waals surface area contributed by atoms with E-state index in [1.165, 1.54) is 12.0 Å². The van der Waals surface area contributed by atoms with E-state index in [1.54, 1.807) is 0 Å². The first-order valence-corrected chi connectivity index (χ1v) is 7.91. The molecule has 1 saturated carbocycles. The third kappa shape index (κ3) is 3.29. The molecule has 0 saturated heterocycles. The first kappa shape index (κ1) is 15.2. The van der Waals surface area contributed by atoms with Crippen LogP contribution in [0.25, 0.3) is 0 Å². The van der Waals surface area contributed by atoms with E-state index in [-0.39, 0.29) is 11.2 Å². The summed E-state index contributed by atoms with van der Waals surface area (Å²) in [5.41, 5.74) is 7.79. The molecule has 1 aliphatic carbocycles. The number of benzene rings is 1. The highest BCUT2D eigenvalue weighted by atomic mass is 16.1. The molecule has 1 aromatic rings. The Morgan fingerprint density at radius 1 is 1.25 bits per heavy atom. The van der Waals surface area contributed by atoms with Crippen LogP contribution in [0, 0.1) is 11.3 Å². The molecule has 20 heavy (non-hydrogen) atoms. The van der Waals surface area contributed by atoms with Crippen molar-refractivity contribution in [2.75, 3.05) is 6.54 Å². The summed E-state index contributed by atoms with van der Waals surface area (Å²) in [5.74, 6) is 0.879. The van der Waals surface area contributed by atoms with Crippen LogP contribution in [-0.4, -0.2) is 12.3 Å². The van der Waals surface area contributed by atoms with Gasteiger partial charge >= 0.3 is 0 Å². The number of nitrogens with two attached hydrogens (primary N) is 1. The SMILES string of the molecule is CC(C)Cc1cccc(C(=O)C2(CN)CCCCC2)c1. The molecule has 0 atom stereocenters. The van der Waals surface area contributed by atoms with E-state index < -0.39 is 0 Å². The lowest BCUT2D eigenvalue weighted by Gasteiger charge is -2.34. The number of hydrogen-bond acceptors (Lipinski definition) is 2. The second-order valence-corrected chi connectivity index (χ2v) is 6.67. The molecule has 2 heteroatoms. The normalized spacial score (nSPS) is 18.2. The lowest BCUT2D eigenvalue weighted by molar-refractivity contribution is 0.0729. The van der Waals surface area contributed by atoms with Crippen LogP contribution in [0.5, 0.6) is 0 Å². The molecule has 1 aliphatic rings. The Hall–Kier alpha value is -1.15. The monoisotopic (exact) mass is 273 g/mol. The van der Waals surface area contributed by atoms with Crippen molar-refractivity contribution in [1.29, 1.82) is 0 Å². The molecule has 0 aliphatic heterocycles. The van der Waals surface area contributed by atoms with Crippen molar-refractivity contribution in [1.82, 2.24) is 0 Å². The van der Waals surface area contributed by atoms with Crippen molar-refractivity contribution in [3.8, 4) is 0 Å². The molecule has 1 fully saturated rings. The minimum absolute atomic E-state index is 0.269. The highest BCUT2D eigenvalue weighted by molar-refractivity contribution is 6.00.